The van der Waals surface area contributed by atoms with Crippen LogP contribution in [0.25, 0.3) is 0 Å². The van der Waals surface area contributed by atoms with Crippen molar-refractivity contribution >= 4 is 15.9 Å². The van der Waals surface area contributed by atoms with Gasteiger partial charge in [-0.15, -0.1) is 0 Å². The fourth-order valence-electron chi connectivity index (χ4n) is 3.03. The number of hydrogen-bond donors (Lipinski definition) is 1. The first kappa shape index (κ1) is 13.1. The van der Waals surface area contributed by atoms with Crippen molar-refractivity contribution in [2.45, 2.75) is 37.3 Å². The highest BCUT2D eigenvalue weighted by Crippen LogP contribution is 2.42. The number of hydrogen-bond acceptors (Lipinski definition) is 2. The van der Waals surface area contributed by atoms with Crippen LogP contribution < -0.4 is 5.73 Å². The van der Waals surface area contributed by atoms with Crippen LogP contribution in [0.3, 0.4) is 0 Å². The van der Waals surface area contributed by atoms with E-state index in [9.17, 15) is 0 Å². The number of nitrogens with zero attached hydrogens (tertiary/aromatic N) is 1. The molecule has 1 aliphatic rings. The summed E-state index contributed by atoms with van der Waals surface area (Å²) < 4.78 is 1.11. The molecule has 17 heavy (non-hydrogen) atoms. The third kappa shape index (κ3) is 2.42. The van der Waals surface area contributed by atoms with E-state index in [2.05, 4.69) is 53.1 Å². The summed E-state index contributed by atoms with van der Waals surface area (Å²) >= 11 is 3.52. The van der Waals surface area contributed by atoms with Crippen molar-refractivity contribution in [3.63, 3.8) is 0 Å². The number of likely N-dealkylation sites (N-methyl/N-ethyl adjacent to an activating group) is 1. The average Bonchev–Trinajstić information content (AvgIpc) is 2.78. The summed E-state index contributed by atoms with van der Waals surface area (Å²) in [5, 5.41) is 0. The topological polar surface area (TPSA) is 29.3 Å². The molecule has 2 N–H and O–H groups in total. The zero-order valence-corrected chi connectivity index (χ0v) is 12.2. The van der Waals surface area contributed by atoms with E-state index >= 15 is 0 Å². The molecule has 0 spiro atoms. The molecule has 0 aliphatic heterocycles. The smallest absolute Gasteiger partial charge is 0.0482 e. The minimum atomic E-state index is 0.0949. The van der Waals surface area contributed by atoms with E-state index in [0.29, 0.717) is 0 Å². The second-order valence-electron chi connectivity index (χ2n) is 5.24. The lowest BCUT2D eigenvalue weighted by atomic mass is 9.83. The lowest BCUT2D eigenvalue weighted by Crippen LogP contribution is -2.50. The Hall–Kier alpha value is -0.380. The molecule has 1 saturated carbocycles. The monoisotopic (exact) mass is 296 g/mol. The Morgan fingerprint density at radius 2 is 1.94 bits per heavy atom. The molecule has 2 rings (SSSR count). The van der Waals surface area contributed by atoms with Crippen LogP contribution >= 0.6 is 15.9 Å². The SMILES string of the molecule is CN(C)C1(C(N)c2cccc(Br)c2)CCCC1. The second kappa shape index (κ2) is 5.09. The van der Waals surface area contributed by atoms with Gasteiger partial charge in [0.15, 0.2) is 0 Å². The van der Waals surface area contributed by atoms with Crippen molar-refractivity contribution < 1.29 is 0 Å². The van der Waals surface area contributed by atoms with Crippen molar-refractivity contribution in [1.29, 1.82) is 0 Å². The normalized spacial score (nSPS) is 20.8. The molecule has 94 valence electrons. The molecule has 1 unspecified atom stereocenters. The van der Waals surface area contributed by atoms with Crippen LogP contribution in [0.5, 0.6) is 0 Å². The van der Waals surface area contributed by atoms with Gasteiger partial charge in [0.25, 0.3) is 0 Å². The summed E-state index contributed by atoms with van der Waals surface area (Å²) in [4.78, 5) is 2.32. The van der Waals surface area contributed by atoms with E-state index in [1.165, 1.54) is 31.2 Å². The first-order valence-corrected chi connectivity index (χ1v) is 7.04. The predicted octanol–water partition coefficient (Wildman–Crippen LogP) is 3.32. The molecule has 0 heterocycles. The fourth-order valence-corrected chi connectivity index (χ4v) is 3.45. The maximum absolute atomic E-state index is 6.54. The molecular formula is C14H21BrN2. The van der Waals surface area contributed by atoms with Gasteiger partial charge in [0, 0.05) is 16.1 Å². The number of benzene rings is 1. The maximum Gasteiger partial charge on any atom is 0.0482 e. The van der Waals surface area contributed by atoms with Gasteiger partial charge in [0.2, 0.25) is 0 Å². The molecule has 0 aromatic heterocycles. The van der Waals surface area contributed by atoms with E-state index in [1.54, 1.807) is 0 Å². The summed E-state index contributed by atoms with van der Waals surface area (Å²) in [6.45, 7) is 0. The molecule has 0 radical (unpaired) electrons. The summed E-state index contributed by atoms with van der Waals surface area (Å²) in [5.74, 6) is 0. The van der Waals surface area contributed by atoms with Gasteiger partial charge in [-0.2, -0.15) is 0 Å². The molecular weight excluding hydrogens is 276 g/mol. The van der Waals surface area contributed by atoms with Crippen molar-refractivity contribution in [3.8, 4) is 0 Å². The second-order valence-corrected chi connectivity index (χ2v) is 6.15. The van der Waals surface area contributed by atoms with E-state index < -0.39 is 0 Å². The molecule has 1 aromatic carbocycles. The molecule has 0 bridgehead atoms. The van der Waals surface area contributed by atoms with Gasteiger partial charge >= 0.3 is 0 Å². The van der Waals surface area contributed by atoms with Gasteiger partial charge in [-0.3, -0.25) is 0 Å². The van der Waals surface area contributed by atoms with Crippen LogP contribution in [0.4, 0.5) is 0 Å². The highest BCUT2D eigenvalue weighted by molar-refractivity contribution is 9.10. The summed E-state index contributed by atoms with van der Waals surface area (Å²) in [7, 11) is 4.31. The average molecular weight is 297 g/mol. The molecule has 0 amide bonds. The van der Waals surface area contributed by atoms with Crippen molar-refractivity contribution in [3.05, 3.63) is 34.3 Å². The minimum Gasteiger partial charge on any atom is -0.322 e. The molecule has 1 fully saturated rings. The molecule has 0 saturated heterocycles. The van der Waals surface area contributed by atoms with E-state index in [1.807, 2.05) is 6.07 Å². The Labute approximate surface area is 112 Å². The summed E-state index contributed by atoms with van der Waals surface area (Å²) in [6.07, 6.45) is 4.99. The first-order valence-electron chi connectivity index (χ1n) is 6.25. The third-order valence-corrected chi connectivity index (χ3v) is 4.64. The number of rotatable bonds is 3. The van der Waals surface area contributed by atoms with Crippen molar-refractivity contribution in [2.24, 2.45) is 5.73 Å². The Kier molecular flexibility index (Phi) is 3.91. The van der Waals surface area contributed by atoms with Gasteiger partial charge in [0.05, 0.1) is 0 Å². The zero-order valence-electron chi connectivity index (χ0n) is 10.6. The van der Waals surface area contributed by atoms with Gasteiger partial charge in [-0.1, -0.05) is 40.9 Å². The molecule has 1 aliphatic carbocycles. The zero-order chi connectivity index (χ0) is 12.5. The van der Waals surface area contributed by atoms with Gasteiger partial charge in [-0.05, 0) is 44.6 Å². The van der Waals surface area contributed by atoms with E-state index in [-0.39, 0.29) is 11.6 Å². The van der Waals surface area contributed by atoms with Crippen LogP contribution in [0, 0.1) is 0 Å². The lowest BCUT2D eigenvalue weighted by Gasteiger charge is -2.41. The third-order valence-electron chi connectivity index (χ3n) is 4.15. The van der Waals surface area contributed by atoms with Gasteiger partial charge < -0.3 is 10.6 Å². The Balaban J connectivity index is 2.31. The molecule has 3 heteroatoms. The molecule has 1 aromatic rings. The van der Waals surface area contributed by atoms with Gasteiger partial charge in [-0.25, -0.2) is 0 Å². The van der Waals surface area contributed by atoms with E-state index in [4.69, 9.17) is 5.73 Å². The Morgan fingerprint density at radius 3 is 2.47 bits per heavy atom. The largest absolute Gasteiger partial charge is 0.322 e. The number of nitrogens with two attached hydrogens (primary N) is 1. The highest BCUT2D eigenvalue weighted by Gasteiger charge is 2.42. The minimum absolute atomic E-state index is 0.0949. The standard InChI is InChI=1S/C14H21BrN2/c1-17(2)14(8-3-4-9-14)13(16)11-6-5-7-12(15)10-11/h5-7,10,13H,3-4,8-9,16H2,1-2H3. The maximum atomic E-state index is 6.54. The van der Waals surface area contributed by atoms with Crippen LogP contribution in [0.2, 0.25) is 0 Å². The predicted molar refractivity (Wildman–Crippen MR) is 76.0 cm³/mol. The quantitative estimate of drug-likeness (QED) is 0.927. The highest BCUT2D eigenvalue weighted by atomic mass is 79.9. The summed E-state index contributed by atoms with van der Waals surface area (Å²) in [5.41, 5.74) is 7.91. The van der Waals surface area contributed by atoms with Crippen molar-refractivity contribution in [1.82, 2.24) is 4.90 Å². The van der Waals surface area contributed by atoms with Crippen LogP contribution in [-0.2, 0) is 0 Å². The molecule has 1 atom stereocenters. The Bertz CT molecular complexity index is 384. The molecule has 2 nitrogen and oxygen atoms in total. The van der Waals surface area contributed by atoms with Crippen LogP contribution in [0.15, 0.2) is 28.7 Å². The van der Waals surface area contributed by atoms with Gasteiger partial charge in [0.1, 0.15) is 0 Å². The van der Waals surface area contributed by atoms with E-state index in [0.717, 1.165) is 4.47 Å². The fraction of sp³-hybridized carbons (Fsp3) is 0.571. The lowest BCUT2D eigenvalue weighted by molar-refractivity contribution is 0.123. The Morgan fingerprint density at radius 1 is 1.29 bits per heavy atom. The number of halogens is 1. The van der Waals surface area contributed by atoms with Crippen LogP contribution in [0.1, 0.15) is 37.3 Å². The first-order chi connectivity index (χ1) is 8.06. The van der Waals surface area contributed by atoms with Crippen molar-refractivity contribution in [2.75, 3.05) is 14.1 Å². The summed E-state index contributed by atoms with van der Waals surface area (Å²) in [6, 6.07) is 8.50. The van der Waals surface area contributed by atoms with Crippen LogP contribution in [-0.4, -0.2) is 24.5 Å².